The van der Waals surface area contributed by atoms with Crippen LogP contribution in [0, 0.1) is 5.82 Å². The highest BCUT2D eigenvalue weighted by atomic mass is 19.3. The van der Waals surface area contributed by atoms with E-state index in [0.29, 0.717) is 0 Å². The first-order chi connectivity index (χ1) is 8.27. The molecule has 1 N–H and O–H groups in total. The van der Waals surface area contributed by atoms with Crippen molar-refractivity contribution in [2.75, 3.05) is 0 Å². The van der Waals surface area contributed by atoms with Crippen molar-refractivity contribution in [3.8, 4) is 0 Å². The van der Waals surface area contributed by atoms with E-state index in [1.54, 1.807) is 0 Å². The van der Waals surface area contributed by atoms with Crippen molar-refractivity contribution >= 4 is 0 Å². The van der Waals surface area contributed by atoms with Crippen LogP contribution in [0.4, 0.5) is 13.2 Å². The third kappa shape index (κ3) is 4.69. The highest BCUT2D eigenvalue weighted by Crippen LogP contribution is 2.39. The van der Waals surface area contributed by atoms with Crippen molar-refractivity contribution in [3.05, 3.63) is 35.6 Å². The van der Waals surface area contributed by atoms with Gasteiger partial charge in [0.25, 0.3) is 0 Å². The van der Waals surface area contributed by atoms with Gasteiger partial charge < -0.3 is 5.11 Å². The zero-order valence-electron chi connectivity index (χ0n) is 11.9. The van der Waals surface area contributed by atoms with Crippen molar-refractivity contribution in [2.45, 2.75) is 53.1 Å². The molecule has 18 heavy (non-hydrogen) atoms. The Morgan fingerprint density at radius 2 is 1.33 bits per heavy atom. The Morgan fingerprint density at radius 3 is 1.67 bits per heavy atom. The van der Waals surface area contributed by atoms with Crippen molar-refractivity contribution in [2.24, 2.45) is 0 Å². The number of hydrogen-bond donors (Lipinski definition) is 1. The van der Waals surface area contributed by atoms with Crippen LogP contribution in [0.1, 0.15) is 47.1 Å². The zero-order chi connectivity index (χ0) is 15.0. The highest BCUT2D eigenvalue weighted by Gasteiger charge is 2.48. The van der Waals surface area contributed by atoms with Crippen molar-refractivity contribution in [1.82, 2.24) is 0 Å². The smallest absolute Gasteiger partial charge is 0.303 e. The summed E-state index contributed by atoms with van der Waals surface area (Å²) in [6.07, 6.45) is 0. The van der Waals surface area contributed by atoms with Gasteiger partial charge in [0.15, 0.2) is 0 Å². The number of halogens is 3. The average molecular weight is 264 g/mol. The lowest BCUT2D eigenvalue weighted by atomic mass is 9.93. The Labute approximate surface area is 108 Å². The fourth-order valence-corrected chi connectivity index (χ4v) is 1.05. The summed E-state index contributed by atoms with van der Waals surface area (Å²) in [5.41, 5.74) is -3.07. The summed E-state index contributed by atoms with van der Waals surface area (Å²) in [6.45, 7) is 9.89. The molecule has 0 heterocycles. The molecule has 0 saturated carbocycles. The minimum absolute atomic E-state index is 0.785. The molecule has 0 saturated heterocycles. The van der Waals surface area contributed by atoms with Crippen LogP contribution in [0.3, 0.4) is 0 Å². The monoisotopic (exact) mass is 264 g/mol. The number of rotatable bonds is 2. The van der Waals surface area contributed by atoms with Gasteiger partial charge in [-0.05, 0) is 26.0 Å². The summed E-state index contributed by atoms with van der Waals surface area (Å²) in [5.74, 6) is -4.61. The number of hydrogen-bond acceptors (Lipinski definition) is 1. The molecule has 0 aliphatic rings. The molecule has 106 valence electrons. The second-order valence-electron chi connectivity index (χ2n) is 3.61. The number of alkyl halides is 2. The molecule has 0 unspecified atom stereocenters. The first-order valence-electron chi connectivity index (χ1n) is 6.12. The Morgan fingerprint density at radius 1 is 0.944 bits per heavy atom. The summed E-state index contributed by atoms with van der Waals surface area (Å²) in [4.78, 5) is 0. The molecule has 0 aromatic heterocycles. The Balaban J connectivity index is 0. The third-order valence-electron chi connectivity index (χ3n) is 1.98. The van der Waals surface area contributed by atoms with Crippen LogP contribution in [0.2, 0.25) is 0 Å². The van der Waals surface area contributed by atoms with Crippen molar-refractivity contribution < 1.29 is 18.3 Å². The minimum Gasteiger partial charge on any atom is -0.384 e. The molecule has 1 nitrogen and oxygen atoms in total. The Hall–Kier alpha value is -1.03. The van der Waals surface area contributed by atoms with E-state index < -0.39 is 22.9 Å². The van der Waals surface area contributed by atoms with Gasteiger partial charge >= 0.3 is 5.92 Å². The quantitative estimate of drug-likeness (QED) is 0.818. The van der Waals surface area contributed by atoms with E-state index in [2.05, 4.69) is 0 Å². The average Bonchev–Trinajstić information content (AvgIpc) is 2.33. The first-order valence-corrected chi connectivity index (χ1v) is 6.12. The van der Waals surface area contributed by atoms with E-state index >= 15 is 0 Å². The topological polar surface area (TPSA) is 20.2 Å². The fraction of sp³-hybridized carbons (Fsp3) is 0.571. The molecule has 0 atom stereocenters. The predicted molar refractivity (Wildman–Crippen MR) is 69.3 cm³/mol. The second kappa shape index (κ2) is 8.14. The summed E-state index contributed by atoms with van der Waals surface area (Å²) in [7, 11) is 0. The molecule has 0 bridgehead atoms. The fourth-order valence-electron chi connectivity index (χ4n) is 1.05. The van der Waals surface area contributed by atoms with Gasteiger partial charge in [0.05, 0.1) is 5.56 Å². The molecular weight excluding hydrogens is 241 g/mol. The normalized spacial score (nSPS) is 10.8. The lowest BCUT2D eigenvalue weighted by Crippen LogP contribution is -2.40. The van der Waals surface area contributed by atoms with Crippen LogP contribution in [0.25, 0.3) is 0 Å². The van der Waals surface area contributed by atoms with Gasteiger partial charge in [-0.15, -0.1) is 0 Å². The molecule has 0 fully saturated rings. The standard InChI is InChI=1S/C10H11F3O.2C2H6/c1-9(2,14)10(12,13)7-5-3-4-6-8(7)11;2*1-2/h3-6,14H,1-2H3;2*1-2H3. The Bertz CT molecular complexity index is 330. The van der Waals surface area contributed by atoms with Crippen LogP contribution < -0.4 is 0 Å². The maximum Gasteiger partial charge on any atom is 0.303 e. The van der Waals surface area contributed by atoms with Crippen LogP contribution >= 0.6 is 0 Å². The number of benzene rings is 1. The van der Waals surface area contributed by atoms with Gasteiger partial charge in [0.2, 0.25) is 0 Å². The largest absolute Gasteiger partial charge is 0.384 e. The van der Waals surface area contributed by atoms with Gasteiger partial charge in [0.1, 0.15) is 11.4 Å². The molecule has 0 amide bonds. The van der Waals surface area contributed by atoms with Crippen LogP contribution in [0.5, 0.6) is 0 Å². The Kier molecular flexibility index (Phi) is 8.73. The zero-order valence-corrected chi connectivity index (χ0v) is 11.9. The summed E-state index contributed by atoms with van der Waals surface area (Å²) < 4.78 is 39.9. The van der Waals surface area contributed by atoms with Crippen LogP contribution in [-0.2, 0) is 5.92 Å². The molecule has 0 aliphatic heterocycles. The molecule has 1 aromatic rings. The maximum absolute atomic E-state index is 13.4. The molecule has 0 spiro atoms. The van der Waals surface area contributed by atoms with E-state index in [0.717, 1.165) is 26.0 Å². The van der Waals surface area contributed by atoms with Gasteiger partial charge in [-0.2, -0.15) is 8.78 Å². The molecule has 0 radical (unpaired) electrons. The molecule has 4 heteroatoms. The van der Waals surface area contributed by atoms with Crippen molar-refractivity contribution in [3.63, 3.8) is 0 Å². The molecular formula is C14H23F3O. The lowest BCUT2D eigenvalue weighted by Gasteiger charge is -2.29. The summed E-state index contributed by atoms with van der Waals surface area (Å²) in [5, 5.41) is 9.21. The van der Waals surface area contributed by atoms with Gasteiger partial charge in [-0.25, -0.2) is 4.39 Å². The van der Waals surface area contributed by atoms with Crippen LogP contribution in [0.15, 0.2) is 24.3 Å². The van der Waals surface area contributed by atoms with E-state index in [1.807, 2.05) is 27.7 Å². The maximum atomic E-state index is 13.4. The van der Waals surface area contributed by atoms with E-state index in [4.69, 9.17) is 0 Å². The second-order valence-corrected chi connectivity index (χ2v) is 3.61. The SMILES string of the molecule is CC.CC.CC(C)(O)C(F)(F)c1ccccc1F. The van der Waals surface area contributed by atoms with E-state index in [1.165, 1.54) is 12.1 Å². The molecule has 1 aromatic carbocycles. The highest BCUT2D eigenvalue weighted by molar-refractivity contribution is 5.24. The summed E-state index contributed by atoms with van der Waals surface area (Å²) >= 11 is 0. The molecule has 0 aliphatic carbocycles. The van der Waals surface area contributed by atoms with Gasteiger partial charge in [-0.1, -0.05) is 39.8 Å². The predicted octanol–water partition coefficient (Wildman–Crippen LogP) is 4.74. The third-order valence-corrected chi connectivity index (χ3v) is 1.98. The molecule has 1 rings (SSSR count). The number of aliphatic hydroxyl groups is 1. The van der Waals surface area contributed by atoms with E-state index in [9.17, 15) is 18.3 Å². The van der Waals surface area contributed by atoms with E-state index in [-0.39, 0.29) is 0 Å². The summed E-state index contributed by atoms with van der Waals surface area (Å²) in [6, 6.07) is 4.53. The minimum atomic E-state index is -3.60. The van der Waals surface area contributed by atoms with Gasteiger partial charge in [0, 0.05) is 0 Å². The lowest BCUT2D eigenvalue weighted by molar-refractivity contribution is -0.170. The van der Waals surface area contributed by atoms with Crippen LogP contribution in [-0.4, -0.2) is 10.7 Å². The first kappa shape index (κ1) is 19.3. The van der Waals surface area contributed by atoms with Crippen molar-refractivity contribution in [1.29, 1.82) is 0 Å². The van der Waals surface area contributed by atoms with Gasteiger partial charge in [-0.3, -0.25) is 0 Å².